The summed E-state index contributed by atoms with van der Waals surface area (Å²) in [6.07, 6.45) is 6.40. The molecule has 1 aliphatic heterocycles. The summed E-state index contributed by atoms with van der Waals surface area (Å²) in [7, 11) is 4.73. The average Bonchev–Trinajstić information content (AvgIpc) is 3.32. The number of aromatic nitrogens is 2. The SMILES string of the molecule is COc1cc(-c2cnc3c(n2)N(C2CCCC2)C(=O)C3)cc(OC)c1OC. The van der Waals surface area contributed by atoms with Gasteiger partial charge in [-0.2, -0.15) is 0 Å². The number of rotatable bonds is 5. The molecular formula is C20H23N3O4. The second-order valence-corrected chi connectivity index (χ2v) is 6.82. The van der Waals surface area contributed by atoms with Gasteiger partial charge in [-0.15, -0.1) is 0 Å². The topological polar surface area (TPSA) is 73.8 Å². The van der Waals surface area contributed by atoms with Gasteiger partial charge < -0.3 is 14.2 Å². The van der Waals surface area contributed by atoms with Crippen LogP contribution in [0.15, 0.2) is 18.3 Å². The lowest BCUT2D eigenvalue weighted by atomic mass is 10.1. The van der Waals surface area contributed by atoms with E-state index in [4.69, 9.17) is 19.2 Å². The third-order valence-corrected chi connectivity index (χ3v) is 5.29. The molecule has 1 amide bonds. The molecule has 1 saturated carbocycles. The molecule has 4 rings (SSSR count). The van der Waals surface area contributed by atoms with Crippen molar-refractivity contribution in [3.8, 4) is 28.5 Å². The Kier molecular flexibility index (Phi) is 4.59. The first-order valence-corrected chi connectivity index (χ1v) is 9.14. The van der Waals surface area contributed by atoms with E-state index in [1.54, 1.807) is 27.5 Å². The molecule has 0 spiro atoms. The molecule has 0 unspecified atom stereocenters. The normalized spacial score (nSPS) is 16.6. The molecule has 2 aromatic rings. The highest BCUT2D eigenvalue weighted by atomic mass is 16.5. The van der Waals surface area contributed by atoms with Crippen LogP contribution in [0.1, 0.15) is 31.4 Å². The van der Waals surface area contributed by atoms with Crippen LogP contribution < -0.4 is 19.1 Å². The van der Waals surface area contributed by atoms with Crippen molar-refractivity contribution in [1.29, 1.82) is 0 Å². The Morgan fingerprint density at radius 3 is 2.30 bits per heavy atom. The number of fused-ring (bicyclic) bond motifs is 1. The van der Waals surface area contributed by atoms with Crippen molar-refractivity contribution in [2.24, 2.45) is 0 Å². The Labute approximate surface area is 158 Å². The first kappa shape index (κ1) is 17.6. The van der Waals surface area contributed by atoms with E-state index in [1.165, 1.54) is 0 Å². The molecule has 0 N–H and O–H groups in total. The third-order valence-electron chi connectivity index (χ3n) is 5.29. The number of methoxy groups -OCH3 is 3. The molecule has 27 heavy (non-hydrogen) atoms. The van der Waals surface area contributed by atoms with Crippen LogP contribution in [-0.4, -0.2) is 43.2 Å². The van der Waals surface area contributed by atoms with Gasteiger partial charge in [-0.1, -0.05) is 12.8 Å². The Morgan fingerprint density at radius 2 is 1.70 bits per heavy atom. The van der Waals surface area contributed by atoms with Crippen molar-refractivity contribution in [1.82, 2.24) is 9.97 Å². The van der Waals surface area contributed by atoms with Gasteiger partial charge in [-0.25, -0.2) is 4.98 Å². The molecule has 1 aromatic carbocycles. The zero-order valence-electron chi connectivity index (χ0n) is 15.8. The van der Waals surface area contributed by atoms with Gasteiger partial charge in [0.2, 0.25) is 11.7 Å². The Balaban J connectivity index is 1.77. The first-order valence-electron chi connectivity index (χ1n) is 9.14. The van der Waals surface area contributed by atoms with Crippen molar-refractivity contribution in [3.63, 3.8) is 0 Å². The van der Waals surface area contributed by atoms with Gasteiger partial charge in [-0.05, 0) is 25.0 Å². The smallest absolute Gasteiger partial charge is 0.234 e. The second kappa shape index (κ2) is 7.06. The van der Waals surface area contributed by atoms with Crippen molar-refractivity contribution < 1.29 is 19.0 Å². The molecule has 1 fully saturated rings. The number of hydrogen-bond acceptors (Lipinski definition) is 6. The Bertz CT molecular complexity index is 853. The third kappa shape index (κ3) is 2.97. The van der Waals surface area contributed by atoms with E-state index in [0.29, 0.717) is 35.2 Å². The standard InChI is InChI=1S/C20H23N3O4/c1-25-16-8-12(9-17(26-2)19(16)27-3)15-11-21-14-10-18(24)23(20(14)22-15)13-6-4-5-7-13/h8-9,11,13H,4-7,10H2,1-3H3. The van der Waals surface area contributed by atoms with Gasteiger partial charge >= 0.3 is 0 Å². The fourth-order valence-corrected chi connectivity index (χ4v) is 3.98. The largest absolute Gasteiger partial charge is 0.493 e. The number of hydrogen-bond donors (Lipinski definition) is 0. The second-order valence-electron chi connectivity index (χ2n) is 6.82. The van der Waals surface area contributed by atoms with E-state index >= 15 is 0 Å². The van der Waals surface area contributed by atoms with Gasteiger partial charge in [-0.3, -0.25) is 14.7 Å². The summed E-state index contributed by atoms with van der Waals surface area (Å²) in [6, 6.07) is 3.92. The summed E-state index contributed by atoms with van der Waals surface area (Å²) in [4.78, 5) is 23.7. The van der Waals surface area contributed by atoms with Crippen LogP contribution in [0.25, 0.3) is 11.3 Å². The molecule has 7 nitrogen and oxygen atoms in total. The minimum atomic E-state index is 0.0962. The molecule has 0 saturated heterocycles. The van der Waals surface area contributed by atoms with Crippen LogP contribution in [-0.2, 0) is 11.2 Å². The van der Waals surface area contributed by atoms with Crippen LogP contribution in [0, 0.1) is 0 Å². The lowest BCUT2D eigenvalue weighted by molar-refractivity contribution is -0.117. The highest BCUT2D eigenvalue weighted by Crippen LogP contribution is 2.41. The van der Waals surface area contributed by atoms with Crippen molar-refractivity contribution >= 4 is 11.7 Å². The van der Waals surface area contributed by atoms with Crippen LogP contribution in [0.3, 0.4) is 0 Å². The molecule has 142 valence electrons. The summed E-state index contributed by atoms with van der Waals surface area (Å²) in [5.41, 5.74) is 2.22. The van der Waals surface area contributed by atoms with Gasteiger partial charge in [0, 0.05) is 11.6 Å². The molecule has 1 aromatic heterocycles. The summed E-state index contributed by atoms with van der Waals surface area (Å²) < 4.78 is 16.3. The molecule has 1 aliphatic carbocycles. The van der Waals surface area contributed by atoms with Gasteiger partial charge in [0.1, 0.15) is 0 Å². The zero-order valence-corrected chi connectivity index (χ0v) is 15.8. The van der Waals surface area contributed by atoms with Gasteiger partial charge in [0.05, 0.1) is 45.3 Å². The molecular weight excluding hydrogens is 346 g/mol. The maximum absolute atomic E-state index is 12.5. The fraction of sp³-hybridized carbons (Fsp3) is 0.450. The lowest BCUT2D eigenvalue weighted by Gasteiger charge is -2.23. The minimum absolute atomic E-state index is 0.0962. The molecule has 0 radical (unpaired) electrons. The fourth-order valence-electron chi connectivity index (χ4n) is 3.98. The highest BCUT2D eigenvalue weighted by molar-refractivity contribution is 6.00. The van der Waals surface area contributed by atoms with Crippen molar-refractivity contribution in [3.05, 3.63) is 24.0 Å². The maximum Gasteiger partial charge on any atom is 0.234 e. The lowest BCUT2D eigenvalue weighted by Crippen LogP contribution is -2.36. The monoisotopic (exact) mass is 369 g/mol. The minimum Gasteiger partial charge on any atom is -0.493 e. The number of amides is 1. The molecule has 2 heterocycles. The molecule has 7 heteroatoms. The summed E-state index contributed by atoms with van der Waals surface area (Å²) in [6.45, 7) is 0. The number of anilines is 1. The molecule has 0 atom stereocenters. The summed E-state index contributed by atoms with van der Waals surface area (Å²) >= 11 is 0. The van der Waals surface area contributed by atoms with E-state index in [0.717, 1.165) is 36.9 Å². The predicted molar refractivity (Wildman–Crippen MR) is 101 cm³/mol. The Hall–Kier alpha value is -2.83. The zero-order chi connectivity index (χ0) is 19.0. The summed E-state index contributed by atoms with van der Waals surface area (Å²) in [5, 5.41) is 0. The van der Waals surface area contributed by atoms with Crippen LogP contribution in [0.4, 0.5) is 5.82 Å². The first-order chi connectivity index (χ1) is 13.2. The number of nitrogens with zero attached hydrogens (tertiary/aromatic N) is 3. The van der Waals surface area contributed by atoms with E-state index in [1.807, 2.05) is 17.0 Å². The van der Waals surface area contributed by atoms with Crippen molar-refractivity contribution in [2.45, 2.75) is 38.1 Å². The van der Waals surface area contributed by atoms with Crippen LogP contribution in [0.2, 0.25) is 0 Å². The summed E-state index contributed by atoms with van der Waals surface area (Å²) in [5.74, 6) is 2.42. The van der Waals surface area contributed by atoms with Gasteiger partial charge in [0.25, 0.3) is 0 Å². The molecule has 0 bridgehead atoms. The number of benzene rings is 1. The predicted octanol–water partition coefficient (Wildman–Crippen LogP) is 3.00. The van der Waals surface area contributed by atoms with Crippen LogP contribution in [0.5, 0.6) is 17.2 Å². The van der Waals surface area contributed by atoms with Gasteiger partial charge in [0.15, 0.2) is 17.3 Å². The Morgan fingerprint density at radius 1 is 1.04 bits per heavy atom. The van der Waals surface area contributed by atoms with E-state index in [2.05, 4.69) is 4.98 Å². The number of carbonyl (C=O) groups is 1. The number of carbonyl (C=O) groups excluding carboxylic acids is 1. The van der Waals surface area contributed by atoms with E-state index in [9.17, 15) is 4.79 Å². The maximum atomic E-state index is 12.5. The van der Waals surface area contributed by atoms with Crippen LogP contribution >= 0.6 is 0 Å². The van der Waals surface area contributed by atoms with E-state index in [-0.39, 0.29) is 11.9 Å². The quantitative estimate of drug-likeness (QED) is 0.807. The molecule has 2 aliphatic rings. The van der Waals surface area contributed by atoms with E-state index < -0.39 is 0 Å². The average molecular weight is 369 g/mol. The highest BCUT2D eigenvalue weighted by Gasteiger charge is 2.36. The number of ether oxygens (including phenoxy) is 3. The van der Waals surface area contributed by atoms with Crippen molar-refractivity contribution in [2.75, 3.05) is 26.2 Å².